The minimum Gasteiger partial charge on any atom is -0.478 e. The van der Waals surface area contributed by atoms with Crippen molar-refractivity contribution in [3.05, 3.63) is 35.4 Å². The van der Waals surface area contributed by atoms with Gasteiger partial charge < -0.3 is 14.2 Å². The number of ether oxygens (including phenoxy) is 3. The molecule has 1 saturated heterocycles. The first-order valence-electron chi connectivity index (χ1n) is 12.5. The van der Waals surface area contributed by atoms with Crippen LogP contribution >= 0.6 is 24.0 Å². The Morgan fingerprint density at radius 1 is 1.17 bits per heavy atom. The Balaban J connectivity index is 1.33. The predicted molar refractivity (Wildman–Crippen MR) is 140 cm³/mol. The molecule has 2 heterocycles. The van der Waals surface area contributed by atoms with Crippen LogP contribution in [0.3, 0.4) is 0 Å². The molecule has 0 spiro atoms. The zero-order valence-electron chi connectivity index (χ0n) is 21.3. The number of fused-ring (bicyclic) bond motifs is 4. The Morgan fingerprint density at radius 3 is 2.42 bits per heavy atom. The summed E-state index contributed by atoms with van der Waals surface area (Å²) in [7, 11) is 0. The molecule has 194 valence electrons. The van der Waals surface area contributed by atoms with E-state index in [1.807, 2.05) is 13.8 Å². The first-order valence-corrected chi connectivity index (χ1v) is 13.8. The summed E-state index contributed by atoms with van der Waals surface area (Å²) in [5.74, 6) is -1.24. The van der Waals surface area contributed by atoms with Gasteiger partial charge in [-0.05, 0) is 56.5 Å². The van der Waals surface area contributed by atoms with Crippen molar-refractivity contribution in [1.82, 2.24) is 4.90 Å². The highest BCUT2D eigenvalue weighted by Gasteiger charge is 2.64. The number of hydrogen-bond donors (Lipinski definition) is 0. The number of Topliss-reactive ketones (excluding diaryl/α,β-unsaturated/α-hetero) is 1. The number of carbonyl (C=O) groups is 3. The molecule has 5 rings (SSSR count). The third-order valence-corrected chi connectivity index (χ3v) is 8.81. The quantitative estimate of drug-likeness (QED) is 0.393. The molecule has 0 N–H and O–H groups in total. The van der Waals surface area contributed by atoms with E-state index in [1.54, 1.807) is 24.3 Å². The van der Waals surface area contributed by atoms with Crippen LogP contribution in [0.5, 0.6) is 0 Å². The van der Waals surface area contributed by atoms with Gasteiger partial charge in [-0.15, -0.1) is 0 Å². The zero-order chi connectivity index (χ0) is 26.0. The number of benzene rings is 1. The fourth-order valence-corrected chi connectivity index (χ4v) is 7.33. The van der Waals surface area contributed by atoms with Crippen molar-refractivity contribution < 1.29 is 28.6 Å². The highest BCUT2D eigenvalue weighted by Crippen LogP contribution is 2.56. The van der Waals surface area contributed by atoms with E-state index < -0.39 is 5.79 Å². The third-order valence-electron chi connectivity index (χ3n) is 7.41. The van der Waals surface area contributed by atoms with Crippen molar-refractivity contribution in [2.45, 2.75) is 70.7 Å². The van der Waals surface area contributed by atoms with Crippen molar-refractivity contribution >= 4 is 46.0 Å². The average molecular weight is 532 g/mol. The fraction of sp³-hybridized carbons (Fsp3) is 0.630. The maximum absolute atomic E-state index is 13.1. The number of hydrogen-bond acceptors (Lipinski definition) is 8. The van der Waals surface area contributed by atoms with Crippen molar-refractivity contribution in [2.24, 2.45) is 23.2 Å². The highest BCUT2D eigenvalue weighted by molar-refractivity contribution is 8.23. The van der Waals surface area contributed by atoms with E-state index in [1.165, 1.54) is 16.7 Å². The maximum atomic E-state index is 13.1. The molecule has 1 aromatic rings. The molecule has 36 heavy (non-hydrogen) atoms. The molecule has 7 nitrogen and oxygen atoms in total. The topological polar surface area (TPSA) is 82.1 Å². The lowest BCUT2D eigenvalue weighted by Crippen LogP contribution is -2.51. The molecule has 2 amide bonds. The Kier molecular flexibility index (Phi) is 6.59. The lowest BCUT2D eigenvalue weighted by molar-refractivity contribution is -0.179. The Hall–Kier alpha value is -1.81. The van der Waals surface area contributed by atoms with Crippen LogP contribution in [-0.2, 0) is 19.0 Å². The summed E-state index contributed by atoms with van der Waals surface area (Å²) in [6.07, 6.45) is 1.01. The number of ketones is 1. The number of amides is 2. The van der Waals surface area contributed by atoms with Gasteiger partial charge in [0.05, 0.1) is 29.9 Å². The summed E-state index contributed by atoms with van der Waals surface area (Å²) in [5.41, 5.74) is 0.760. The molecule has 4 unspecified atom stereocenters. The van der Waals surface area contributed by atoms with Gasteiger partial charge in [0.1, 0.15) is 5.78 Å². The molecule has 6 atom stereocenters. The first kappa shape index (κ1) is 25.8. The predicted octanol–water partition coefficient (Wildman–Crippen LogP) is 4.48. The van der Waals surface area contributed by atoms with E-state index in [2.05, 4.69) is 20.8 Å². The molecular weight excluding hydrogens is 498 g/mol. The number of thioether (sulfide) groups is 1. The maximum Gasteiger partial charge on any atom is 0.261 e. The lowest BCUT2D eigenvalue weighted by atomic mass is 9.63. The normalized spacial score (nSPS) is 31.1. The van der Waals surface area contributed by atoms with Crippen LogP contribution in [0.1, 0.15) is 68.2 Å². The molecule has 2 aliphatic carbocycles. The van der Waals surface area contributed by atoms with Gasteiger partial charge in [0, 0.05) is 29.5 Å². The smallest absolute Gasteiger partial charge is 0.261 e. The molecule has 3 fully saturated rings. The van der Waals surface area contributed by atoms with Crippen molar-refractivity contribution in [2.75, 3.05) is 13.2 Å². The second kappa shape index (κ2) is 9.19. The molecule has 0 aromatic heterocycles. The standard InChI is InChI=1S/C27H33NO6S2/c1-26(2,3)13-32-25(35)36-14(12-28-23(30)15-8-6-7-9-16(15)24(28)31)10-17-20-18(21(17)29)11-19-22(20)34-27(4,5)33-19/h6-9,14,17-20,22H,10-13H2,1-5H3/t14?,17?,18-,19?,20-,22?/m1/s1. The second-order valence-electron chi connectivity index (χ2n) is 11.9. The van der Waals surface area contributed by atoms with Gasteiger partial charge in [-0.1, -0.05) is 44.7 Å². The molecule has 1 aromatic carbocycles. The van der Waals surface area contributed by atoms with Crippen molar-refractivity contribution in [1.29, 1.82) is 0 Å². The van der Waals surface area contributed by atoms with Crippen LogP contribution in [0.4, 0.5) is 0 Å². The third kappa shape index (κ3) is 4.75. The van der Waals surface area contributed by atoms with E-state index in [0.717, 1.165) is 0 Å². The van der Waals surface area contributed by atoms with Gasteiger partial charge in [-0.2, -0.15) is 0 Å². The van der Waals surface area contributed by atoms with Gasteiger partial charge in [-0.25, -0.2) is 0 Å². The van der Waals surface area contributed by atoms with Crippen LogP contribution in [0.2, 0.25) is 0 Å². The molecule has 9 heteroatoms. The molecule has 2 aliphatic heterocycles. The average Bonchev–Trinajstić information content (AvgIpc) is 3.35. The van der Waals surface area contributed by atoms with Crippen LogP contribution in [-0.4, -0.2) is 63.3 Å². The van der Waals surface area contributed by atoms with E-state index in [0.29, 0.717) is 35.0 Å². The summed E-state index contributed by atoms with van der Waals surface area (Å²) in [6, 6.07) is 6.85. The van der Waals surface area contributed by atoms with E-state index >= 15 is 0 Å². The van der Waals surface area contributed by atoms with Gasteiger partial charge in [0.25, 0.3) is 11.8 Å². The van der Waals surface area contributed by atoms with Gasteiger partial charge in [-0.3, -0.25) is 19.3 Å². The van der Waals surface area contributed by atoms with Crippen LogP contribution in [0.25, 0.3) is 0 Å². The van der Waals surface area contributed by atoms with Crippen molar-refractivity contribution in [3.8, 4) is 0 Å². The minimum absolute atomic E-state index is 0.0462. The minimum atomic E-state index is -0.653. The Labute approximate surface area is 221 Å². The summed E-state index contributed by atoms with van der Waals surface area (Å²) in [5, 5.41) is -0.274. The van der Waals surface area contributed by atoms with E-state index in [9.17, 15) is 14.4 Å². The van der Waals surface area contributed by atoms with Gasteiger partial charge >= 0.3 is 0 Å². The summed E-state index contributed by atoms with van der Waals surface area (Å²) in [6.45, 7) is 10.6. The summed E-state index contributed by atoms with van der Waals surface area (Å²) < 4.78 is 18.4. The monoisotopic (exact) mass is 531 g/mol. The number of imide groups is 1. The Bertz CT molecular complexity index is 1080. The van der Waals surface area contributed by atoms with E-state index in [4.69, 9.17) is 26.4 Å². The largest absolute Gasteiger partial charge is 0.478 e. The summed E-state index contributed by atoms with van der Waals surface area (Å²) >= 11 is 6.86. The molecule has 4 aliphatic rings. The lowest BCUT2D eigenvalue weighted by Gasteiger charge is -2.43. The first-order chi connectivity index (χ1) is 16.8. The molecule has 0 radical (unpaired) electrons. The zero-order valence-corrected chi connectivity index (χ0v) is 22.9. The van der Waals surface area contributed by atoms with Crippen molar-refractivity contribution in [3.63, 3.8) is 0 Å². The molecule has 0 bridgehead atoms. The molecule has 2 saturated carbocycles. The fourth-order valence-electron chi connectivity index (χ4n) is 5.94. The van der Waals surface area contributed by atoms with Gasteiger partial charge in [0.2, 0.25) is 4.38 Å². The molecular formula is C27H33NO6S2. The van der Waals surface area contributed by atoms with Crippen LogP contribution in [0, 0.1) is 23.2 Å². The van der Waals surface area contributed by atoms with Gasteiger partial charge in [0.15, 0.2) is 5.79 Å². The Morgan fingerprint density at radius 2 is 1.81 bits per heavy atom. The van der Waals surface area contributed by atoms with E-state index in [-0.39, 0.29) is 64.8 Å². The number of thiocarbonyl (C=S) groups is 1. The number of nitrogens with zero attached hydrogens (tertiary/aromatic N) is 1. The highest BCUT2D eigenvalue weighted by atomic mass is 32.2. The number of carbonyl (C=O) groups excluding carboxylic acids is 3. The number of rotatable bonds is 6. The van der Waals surface area contributed by atoms with Crippen LogP contribution in [0.15, 0.2) is 24.3 Å². The SMILES string of the molecule is CC(C)(C)COC(=S)SC(CC1C(=O)[C@@H]2CC3OC(C)(C)OC3[C@H]12)CN1C(=O)c2ccccc2C1=O. The second-order valence-corrected chi connectivity index (χ2v) is 13.8. The summed E-state index contributed by atoms with van der Waals surface area (Å²) in [4.78, 5) is 40.5. The van der Waals surface area contributed by atoms with Crippen LogP contribution < -0.4 is 0 Å².